The van der Waals surface area contributed by atoms with E-state index in [0.29, 0.717) is 5.56 Å². The van der Waals surface area contributed by atoms with Gasteiger partial charge < -0.3 is 9.64 Å². The van der Waals surface area contributed by atoms with Crippen LogP contribution in [0, 0.1) is 0 Å². The first-order valence-electron chi connectivity index (χ1n) is 10.9. The Morgan fingerprint density at radius 3 is 2.68 bits per heavy atom. The lowest BCUT2D eigenvalue weighted by molar-refractivity contribution is 0.112. The molecule has 1 aromatic heterocycles. The van der Waals surface area contributed by atoms with Gasteiger partial charge in [0.25, 0.3) is 0 Å². The van der Waals surface area contributed by atoms with Crippen molar-refractivity contribution in [3.63, 3.8) is 0 Å². The molecular weight excluding hydrogens is 386 g/mol. The van der Waals surface area contributed by atoms with Gasteiger partial charge in [0.1, 0.15) is 0 Å². The second-order valence-corrected chi connectivity index (χ2v) is 7.60. The number of aromatic nitrogens is 1. The third-order valence-corrected chi connectivity index (χ3v) is 5.28. The molecule has 0 unspecified atom stereocenters. The lowest BCUT2D eigenvalue weighted by atomic mass is 9.94. The van der Waals surface area contributed by atoms with E-state index in [9.17, 15) is 4.79 Å². The number of hydrogen-bond donors (Lipinski definition) is 0. The van der Waals surface area contributed by atoms with Gasteiger partial charge in [0.2, 0.25) is 0 Å². The Kier molecular flexibility index (Phi) is 8.30. The molecule has 0 bridgehead atoms. The highest BCUT2D eigenvalue weighted by Crippen LogP contribution is 2.33. The molecule has 0 saturated heterocycles. The van der Waals surface area contributed by atoms with Crippen LogP contribution in [0.1, 0.15) is 47.4 Å². The molecule has 0 N–H and O–H groups in total. The maximum atomic E-state index is 12.0. The van der Waals surface area contributed by atoms with Gasteiger partial charge in [0.15, 0.2) is 6.29 Å². The number of carbonyl (C=O) groups excluding carboxylic acids is 1. The Morgan fingerprint density at radius 2 is 1.94 bits per heavy atom. The van der Waals surface area contributed by atoms with Gasteiger partial charge >= 0.3 is 0 Å². The minimum absolute atomic E-state index is 0.609. The van der Waals surface area contributed by atoms with Crippen LogP contribution in [0.2, 0.25) is 0 Å². The average Bonchev–Trinajstić information content (AvgIpc) is 2.81. The van der Waals surface area contributed by atoms with Gasteiger partial charge in [-0.25, -0.2) is 4.99 Å². The number of carbonyl (C=O) groups is 1. The van der Waals surface area contributed by atoms with Crippen LogP contribution in [0.5, 0.6) is 0 Å². The molecule has 0 saturated carbocycles. The van der Waals surface area contributed by atoms with Crippen molar-refractivity contribution in [2.24, 2.45) is 4.99 Å². The molecular formula is C26H31N3O2. The fourth-order valence-electron chi connectivity index (χ4n) is 3.66. The molecule has 3 rings (SSSR count). The fourth-order valence-corrected chi connectivity index (χ4v) is 3.66. The van der Waals surface area contributed by atoms with Crippen LogP contribution in [-0.2, 0) is 17.6 Å². The Morgan fingerprint density at radius 1 is 1.13 bits per heavy atom. The predicted octanol–water partition coefficient (Wildman–Crippen LogP) is 5.22. The van der Waals surface area contributed by atoms with Crippen molar-refractivity contribution < 1.29 is 9.53 Å². The zero-order valence-corrected chi connectivity index (χ0v) is 18.7. The average molecular weight is 418 g/mol. The van der Waals surface area contributed by atoms with Gasteiger partial charge in [-0.15, -0.1) is 0 Å². The number of rotatable bonds is 11. The summed E-state index contributed by atoms with van der Waals surface area (Å²) >= 11 is 0. The van der Waals surface area contributed by atoms with E-state index in [2.05, 4.69) is 24.0 Å². The highest BCUT2D eigenvalue weighted by atomic mass is 16.5. The fraction of sp³-hybridized carbons (Fsp3) is 0.346. The van der Waals surface area contributed by atoms with Crippen molar-refractivity contribution in [2.45, 2.75) is 33.1 Å². The van der Waals surface area contributed by atoms with E-state index in [1.807, 2.05) is 55.4 Å². The highest BCUT2D eigenvalue weighted by molar-refractivity contribution is 6.03. The molecule has 0 atom stereocenters. The van der Waals surface area contributed by atoms with E-state index in [1.165, 1.54) is 5.56 Å². The summed E-state index contributed by atoms with van der Waals surface area (Å²) in [4.78, 5) is 23.1. The summed E-state index contributed by atoms with van der Waals surface area (Å²) in [6.07, 6.45) is 7.15. The molecule has 0 aliphatic heterocycles. The topological polar surface area (TPSA) is 54.8 Å². The number of aldehydes is 1. The number of aliphatic imine (C=N–C) groups is 1. The number of benzene rings is 2. The number of aryl methyl sites for hydroxylation is 1. The summed E-state index contributed by atoms with van der Waals surface area (Å²) in [6.45, 7) is 6.42. The third-order valence-electron chi connectivity index (χ3n) is 5.28. The summed E-state index contributed by atoms with van der Waals surface area (Å²) in [5, 5.41) is 2.11. The van der Waals surface area contributed by atoms with E-state index >= 15 is 0 Å². The first-order chi connectivity index (χ1) is 15.2. The number of fused-ring (bicyclic) bond motifs is 1. The van der Waals surface area contributed by atoms with Gasteiger partial charge in [-0.05, 0) is 60.9 Å². The molecule has 0 radical (unpaired) electrons. The minimum Gasteiger partial charge on any atom is -0.382 e. The molecule has 31 heavy (non-hydrogen) atoms. The normalized spacial score (nSPS) is 11.3. The van der Waals surface area contributed by atoms with Crippen LogP contribution in [0.25, 0.3) is 10.8 Å². The van der Waals surface area contributed by atoms with Gasteiger partial charge in [-0.2, -0.15) is 0 Å². The highest BCUT2D eigenvalue weighted by Gasteiger charge is 2.12. The Balaban J connectivity index is 1.92. The third kappa shape index (κ3) is 5.98. The second-order valence-electron chi connectivity index (χ2n) is 7.60. The van der Waals surface area contributed by atoms with Gasteiger partial charge in [0.05, 0.1) is 12.0 Å². The van der Waals surface area contributed by atoms with E-state index in [0.717, 1.165) is 73.0 Å². The summed E-state index contributed by atoms with van der Waals surface area (Å²) < 4.78 is 5.40. The monoisotopic (exact) mass is 417 g/mol. The molecule has 2 aromatic carbocycles. The van der Waals surface area contributed by atoms with E-state index in [1.54, 1.807) is 6.34 Å². The van der Waals surface area contributed by atoms with Crippen LogP contribution in [0.15, 0.2) is 53.7 Å². The molecule has 0 aliphatic carbocycles. The van der Waals surface area contributed by atoms with Gasteiger partial charge in [-0.3, -0.25) is 9.78 Å². The van der Waals surface area contributed by atoms with E-state index < -0.39 is 0 Å². The lowest BCUT2D eigenvalue weighted by Crippen LogP contribution is -2.18. The molecule has 0 aliphatic rings. The SMILES string of the molecule is CCOCCCN(C)C=Nc1c(C=O)cc(Cc2ccnc(CC)c2)c2ccccc12. The maximum Gasteiger partial charge on any atom is 0.152 e. The molecule has 0 spiro atoms. The first-order valence-corrected chi connectivity index (χ1v) is 10.9. The number of ether oxygens (including phenoxy) is 1. The second kappa shape index (κ2) is 11.4. The summed E-state index contributed by atoms with van der Waals surface area (Å²) in [6, 6.07) is 14.3. The van der Waals surface area contributed by atoms with Crippen molar-refractivity contribution >= 4 is 29.1 Å². The molecule has 0 fully saturated rings. The van der Waals surface area contributed by atoms with Crippen molar-refractivity contribution in [1.82, 2.24) is 9.88 Å². The maximum absolute atomic E-state index is 12.0. The van der Waals surface area contributed by atoms with Gasteiger partial charge in [0, 0.05) is 49.6 Å². The van der Waals surface area contributed by atoms with Gasteiger partial charge in [-0.1, -0.05) is 31.2 Å². The molecule has 3 aromatic rings. The standard InChI is InChI=1S/C26H31N3O2/c1-4-23-16-20(11-12-27-23)15-21-17-22(18-30)26(25-10-7-6-9-24(21)25)28-19-29(3)13-8-14-31-5-2/h6-7,9-12,16-19H,4-5,8,13-15H2,1-3H3. The summed E-state index contributed by atoms with van der Waals surface area (Å²) in [5.74, 6) is 0. The molecule has 1 heterocycles. The lowest BCUT2D eigenvalue weighted by Gasteiger charge is -2.15. The van der Waals surface area contributed by atoms with E-state index in [4.69, 9.17) is 9.73 Å². The number of pyridine rings is 1. The zero-order valence-electron chi connectivity index (χ0n) is 18.7. The Bertz CT molecular complexity index is 1050. The largest absolute Gasteiger partial charge is 0.382 e. The van der Waals surface area contributed by atoms with Crippen LogP contribution in [0.3, 0.4) is 0 Å². The Labute approximate surface area is 184 Å². The number of nitrogens with zero attached hydrogens (tertiary/aromatic N) is 3. The van der Waals surface area contributed by atoms with Crippen LogP contribution < -0.4 is 0 Å². The Hall–Kier alpha value is -3.05. The van der Waals surface area contributed by atoms with Crippen molar-refractivity contribution in [2.75, 3.05) is 26.8 Å². The molecule has 5 nitrogen and oxygen atoms in total. The number of hydrogen-bond acceptors (Lipinski definition) is 4. The van der Waals surface area contributed by atoms with E-state index in [-0.39, 0.29) is 0 Å². The molecule has 0 amide bonds. The van der Waals surface area contributed by atoms with Crippen LogP contribution >= 0.6 is 0 Å². The molecule has 5 heteroatoms. The van der Waals surface area contributed by atoms with Crippen LogP contribution in [0.4, 0.5) is 5.69 Å². The van der Waals surface area contributed by atoms with Crippen molar-refractivity contribution in [1.29, 1.82) is 0 Å². The summed E-state index contributed by atoms with van der Waals surface area (Å²) in [7, 11) is 1.99. The van der Waals surface area contributed by atoms with Crippen LogP contribution in [-0.4, -0.2) is 49.3 Å². The minimum atomic E-state index is 0.609. The molecule has 162 valence electrons. The smallest absolute Gasteiger partial charge is 0.152 e. The first kappa shape index (κ1) is 22.6. The van der Waals surface area contributed by atoms with Crippen molar-refractivity contribution in [3.8, 4) is 0 Å². The zero-order chi connectivity index (χ0) is 22.1. The summed E-state index contributed by atoms with van der Waals surface area (Å²) in [5.41, 5.74) is 4.72. The quantitative estimate of drug-likeness (QED) is 0.186. The predicted molar refractivity (Wildman–Crippen MR) is 128 cm³/mol. The van der Waals surface area contributed by atoms with Crippen molar-refractivity contribution in [3.05, 3.63) is 71.0 Å².